The van der Waals surface area contributed by atoms with Crippen molar-refractivity contribution in [2.75, 3.05) is 11.4 Å². The van der Waals surface area contributed by atoms with Crippen LogP contribution in [0.1, 0.15) is 24.0 Å². The molecule has 0 aliphatic carbocycles. The summed E-state index contributed by atoms with van der Waals surface area (Å²) in [5, 5.41) is 19.6. The van der Waals surface area contributed by atoms with Crippen LogP contribution in [0.5, 0.6) is 5.75 Å². The number of hydrogen-bond acceptors (Lipinski definition) is 4. The van der Waals surface area contributed by atoms with Crippen LogP contribution in [0.3, 0.4) is 0 Å². The molecule has 25 heavy (non-hydrogen) atoms. The maximum absolute atomic E-state index is 10.6. The summed E-state index contributed by atoms with van der Waals surface area (Å²) in [4.78, 5) is 6.61. The molecule has 0 saturated carbocycles. The van der Waals surface area contributed by atoms with Gasteiger partial charge in [-0.25, -0.2) is 4.99 Å². The van der Waals surface area contributed by atoms with E-state index in [9.17, 15) is 5.11 Å². The van der Waals surface area contributed by atoms with Gasteiger partial charge in [0.15, 0.2) is 11.6 Å². The maximum atomic E-state index is 10.6. The fraction of sp³-hybridized carbons (Fsp3) is 0.222. The van der Waals surface area contributed by atoms with Crippen LogP contribution in [0.4, 0.5) is 5.69 Å². The number of rotatable bonds is 3. The number of aliphatic imine (C=N–C) groups is 1. The second kappa shape index (κ2) is 6.65. The molecule has 7 heteroatoms. The highest BCUT2D eigenvalue weighted by atomic mass is 79.9. The standard InChI is InChI=1S/C18H18BrN5O/c19-14-4-1-2-5-15(14)24-9-3-8-18(24,23-17(21)22)13-7-6-12(11-20)10-16(13)25/h1-2,4-7,10,25H,3,8-9H2,(H4,21,22,23). The van der Waals surface area contributed by atoms with Gasteiger partial charge in [0, 0.05) is 16.6 Å². The van der Waals surface area contributed by atoms with Crippen LogP contribution < -0.4 is 16.4 Å². The van der Waals surface area contributed by atoms with Crippen molar-refractivity contribution in [3.63, 3.8) is 0 Å². The van der Waals surface area contributed by atoms with Crippen molar-refractivity contribution in [3.8, 4) is 11.8 Å². The number of nitrogens with two attached hydrogens (primary N) is 2. The molecule has 2 aromatic rings. The Labute approximate surface area is 154 Å². The highest BCUT2D eigenvalue weighted by molar-refractivity contribution is 9.10. The molecule has 0 amide bonds. The van der Waals surface area contributed by atoms with Gasteiger partial charge >= 0.3 is 0 Å². The van der Waals surface area contributed by atoms with Gasteiger partial charge in [0.25, 0.3) is 0 Å². The zero-order valence-corrected chi connectivity index (χ0v) is 15.1. The van der Waals surface area contributed by atoms with Crippen LogP contribution >= 0.6 is 15.9 Å². The van der Waals surface area contributed by atoms with E-state index in [1.807, 2.05) is 30.3 Å². The van der Waals surface area contributed by atoms with E-state index in [1.165, 1.54) is 6.07 Å². The zero-order chi connectivity index (χ0) is 18.0. The van der Waals surface area contributed by atoms with E-state index in [4.69, 9.17) is 16.7 Å². The molecule has 1 saturated heterocycles. The summed E-state index contributed by atoms with van der Waals surface area (Å²) >= 11 is 3.58. The monoisotopic (exact) mass is 399 g/mol. The molecule has 1 atom stereocenters. The summed E-state index contributed by atoms with van der Waals surface area (Å²) in [7, 11) is 0. The normalized spacial score (nSPS) is 19.4. The topological polar surface area (TPSA) is 112 Å². The van der Waals surface area contributed by atoms with E-state index in [0.717, 1.165) is 23.1 Å². The van der Waals surface area contributed by atoms with Gasteiger partial charge in [-0.15, -0.1) is 0 Å². The summed E-state index contributed by atoms with van der Waals surface area (Å²) in [6, 6.07) is 14.7. The van der Waals surface area contributed by atoms with E-state index in [1.54, 1.807) is 12.1 Å². The van der Waals surface area contributed by atoms with Crippen molar-refractivity contribution in [3.05, 3.63) is 58.1 Å². The number of anilines is 1. The number of nitrogens with zero attached hydrogens (tertiary/aromatic N) is 3. The van der Waals surface area contributed by atoms with Crippen molar-refractivity contribution in [2.45, 2.75) is 18.5 Å². The minimum absolute atomic E-state index is 0.00278. The summed E-state index contributed by atoms with van der Waals surface area (Å²) in [6.07, 6.45) is 1.50. The Hall–Kier alpha value is -2.72. The molecule has 1 unspecified atom stereocenters. The third-order valence-electron chi connectivity index (χ3n) is 4.37. The molecular weight excluding hydrogens is 382 g/mol. The summed E-state index contributed by atoms with van der Waals surface area (Å²) in [5.41, 5.74) is 12.5. The highest BCUT2D eigenvalue weighted by Gasteiger charge is 2.45. The fourth-order valence-electron chi connectivity index (χ4n) is 3.40. The minimum atomic E-state index is -0.916. The van der Waals surface area contributed by atoms with Crippen LogP contribution in [0.15, 0.2) is 51.9 Å². The van der Waals surface area contributed by atoms with Gasteiger partial charge in [-0.05, 0) is 59.1 Å². The van der Waals surface area contributed by atoms with Crippen LogP contribution in [-0.2, 0) is 5.66 Å². The van der Waals surface area contributed by atoms with Gasteiger partial charge in [0.1, 0.15) is 5.75 Å². The second-order valence-electron chi connectivity index (χ2n) is 5.90. The third kappa shape index (κ3) is 3.01. The predicted octanol–water partition coefficient (Wildman–Crippen LogP) is 2.75. The third-order valence-corrected chi connectivity index (χ3v) is 5.04. The number of halogens is 1. The molecule has 0 radical (unpaired) electrons. The first-order valence-corrected chi connectivity index (χ1v) is 8.64. The molecule has 6 nitrogen and oxygen atoms in total. The van der Waals surface area contributed by atoms with E-state index < -0.39 is 5.66 Å². The molecule has 5 N–H and O–H groups in total. The fourth-order valence-corrected chi connectivity index (χ4v) is 3.90. The molecule has 128 valence electrons. The molecule has 0 spiro atoms. The van der Waals surface area contributed by atoms with Gasteiger partial charge in [-0.3, -0.25) is 0 Å². The summed E-state index contributed by atoms with van der Waals surface area (Å²) in [6.45, 7) is 0.735. The summed E-state index contributed by atoms with van der Waals surface area (Å²) < 4.78 is 0.917. The molecule has 1 aliphatic heterocycles. The first kappa shape index (κ1) is 17.1. The van der Waals surface area contributed by atoms with Crippen LogP contribution in [0, 0.1) is 11.3 Å². The van der Waals surface area contributed by atoms with Gasteiger partial charge in [0.2, 0.25) is 0 Å². The van der Waals surface area contributed by atoms with Gasteiger partial charge in [-0.1, -0.05) is 12.1 Å². The molecule has 1 heterocycles. The van der Waals surface area contributed by atoms with E-state index >= 15 is 0 Å². The van der Waals surface area contributed by atoms with Gasteiger partial charge < -0.3 is 21.5 Å². The SMILES string of the molecule is N#Cc1ccc(C2(N=C(N)N)CCCN2c2ccccc2Br)c(O)c1. The Bertz CT molecular complexity index is 872. The Morgan fingerprint density at radius 2 is 2.04 bits per heavy atom. The predicted molar refractivity (Wildman–Crippen MR) is 101 cm³/mol. The quantitative estimate of drug-likeness (QED) is 0.542. The smallest absolute Gasteiger partial charge is 0.188 e. The lowest BCUT2D eigenvalue weighted by molar-refractivity contribution is 0.412. The first-order valence-electron chi connectivity index (χ1n) is 7.84. The van der Waals surface area contributed by atoms with E-state index in [-0.39, 0.29) is 11.7 Å². The number of guanidine groups is 1. The highest BCUT2D eigenvalue weighted by Crippen LogP contribution is 2.47. The number of nitriles is 1. The average molecular weight is 400 g/mol. The zero-order valence-electron chi connectivity index (χ0n) is 13.5. The van der Waals surface area contributed by atoms with Crippen LogP contribution in [0.2, 0.25) is 0 Å². The van der Waals surface area contributed by atoms with Gasteiger partial charge in [-0.2, -0.15) is 5.26 Å². The number of phenolic OH excluding ortho intramolecular Hbond substituents is 1. The molecule has 1 fully saturated rings. The van der Waals surface area contributed by atoms with Crippen LogP contribution in [-0.4, -0.2) is 17.6 Å². The van der Waals surface area contributed by atoms with Crippen LogP contribution in [0.25, 0.3) is 0 Å². The number of aromatic hydroxyl groups is 1. The van der Waals surface area contributed by atoms with Crippen molar-refractivity contribution in [1.29, 1.82) is 5.26 Å². The minimum Gasteiger partial charge on any atom is -0.507 e. The number of benzene rings is 2. The summed E-state index contributed by atoms with van der Waals surface area (Å²) in [5.74, 6) is -0.0503. The van der Waals surface area contributed by atoms with Crippen molar-refractivity contribution < 1.29 is 5.11 Å². The first-order chi connectivity index (χ1) is 12.0. The lowest BCUT2D eigenvalue weighted by atomic mass is 9.94. The number of para-hydroxylation sites is 1. The molecule has 1 aliphatic rings. The molecule has 0 aromatic heterocycles. The Balaban J connectivity index is 2.22. The van der Waals surface area contributed by atoms with E-state index in [0.29, 0.717) is 17.5 Å². The molecule has 3 rings (SSSR count). The van der Waals surface area contributed by atoms with Gasteiger partial charge in [0.05, 0.1) is 17.3 Å². The van der Waals surface area contributed by atoms with Crippen molar-refractivity contribution in [2.24, 2.45) is 16.5 Å². The Morgan fingerprint density at radius 3 is 2.68 bits per heavy atom. The molecular formula is C18H18BrN5O. The average Bonchev–Trinajstić information content (AvgIpc) is 2.98. The Morgan fingerprint density at radius 1 is 1.28 bits per heavy atom. The van der Waals surface area contributed by atoms with Crippen molar-refractivity contribution in [1.82, 2.24) is 0 Å². The second-order valence-corrected chi connectivity index (χ2v) is 6.76. The lowest BCUT2D eigenvalue weighted by Gasteiger charge is -2.38. The maximum Gasteiger partial charge on any atom is 0.188 e. The molecule has 2 aromatic carbocycles. The molecule has 0 bridgehead atoms. The van der Waals surface area contributed by atoms with Crippen molar-refractivity contribution >= 4 is 27.6 Å². The number of phenols is 1. The van der Waals surface area contributed by atoms with E-state index in [2.05, 4.69) is 25.8 Å². The number of hydrogen-bond donors (Lipinski definition) is 3. The lowest BCUT2D eigenvalue weighted by Crippen LogP contribution is -2.43. The Kier molecular flexibility index (Phi) is 4.55. The largest absolute Gasteiger partial charge is 0.507 e.